The van der Waals surface area contributed by atoms with Gasteiger partial charge in [0.25, 0.3) is 0 Å². The molecule has 1 amide bonds. The maximum atomic E-state index is 12.5. The number of hydrogen-bond acceptors (Lipinski definition) is 6. The quantitative estimate of drug-likeness (QED) is 0.452. The van der Waals surface area contributed by atoms with Gasteiger partial charge in [-0.05, 0) is 63.0 Å². The highest BCUT2D eigenvalue weighted by Crippen LogP contribution is 2.28. The molecule has 0 aromatic heterocycles. The van der Waals surface area contributed by atoms with Crippen molar-refractivity contribution < 1.29 is 34.4 Å². The summed E-state index contributed by atoms with van der Waals surface area (Å²) >= 11 is 0. The Kier molecular flexibility index (Phi) is 10.3. The number of hydrogen-bond donors (Lipinski definition) is 4. The van der Waals surface area contributed by atoms with Gasteiger partial charge in [-0.3, -0.25) is 9.69 Å². The standard InChI is InChI=1S/C23H30N2O3.C2H2O4/c1-3-28-22-14-19(8-9-21(22)26)16-25-12-10-20(11-13-25)23(27)24-15-18-6-4-17(2)5-7-18;3-1(4)2(5)6/h4-9,14,20,26H,3,10-13,15-16H2,1-2H3,(H,24,27);(H,3,4)(H,5,6). The van der Waals surface area contributed by atoms with Crippen LogP contribution in [0.3, 0.4) is 0 Å². The number of rotatable bonds is 7. The van der Waals surface area contributed by atoms with E-state index in [9.17, 15) is 9.90 Å². The number of aromatic hydroxyl groups is 1. The van der Waals surface area contributed by atoms with Crippen LogP contribution < -0.4 is 10.1 Å². The Labute approximate surface area is 199 Å². The van der Waals surface area contributed by atoms with Gasteiger partial charge in [0.2, 0.25) is 5.91 Å². The Morgan fingerprint density at radius 3 is 2.15 bits per heavy atom. The summed E-state index contributed by atoms with van der Waals surface area (Å²) in [4.78, 5) is 33.0. The lowest BCUT2D eigenvalue weighted by atomic mass is 9.95. The zero-order valence-corrected chi connectivity index (χ0v) is 19.5. The number of carbonyl (C=O) groups excluding carboxylic acids is 1. The van der Waals surface area contributed by atoms with E-state index in [4.69, 9.17) is 24.5 Å². The first-order chi connectivity index (χ1) is 16.2. The molecular weight excluding hydrogens is 440 g/mol. The Bertz CT molecular complexity index is 956. The van der Waals surface area contributed by atoms with E-state index in [0.29, 0.717) is 18.9 Å². The fourth-order valence-electron chi connectivity index (χ4n) is 3.58. The lowest BCUT2D eigenvalue weighted by Crippen LogP contribution is -2.40. The fraction of sp³-hybridized carbons (Fsp3) is 0.400. The molecule has 0 radical (unpaired) electrons. The summed E-state index contributed by atoms with van der Waals surface area (Å²) in [5.74, 6) is -2.70. The molecule has 3 rings (SSSR count). The molecule has 0 bridgehead atoms. The molecule has 4 N–H and O–H groups in total. The molecule has 0 saturated carbocycles. The highest BCUT2D eigenvalue weighted by molar-refractivity contribution is 6.27. The molecule has 184 valence electrons. The van der Waals surface area contributed by atoms with Gasteiger partial charge in [0.1, 0.15) is 0 Å². The summed E-state index contributed by atoms with van der Waals surface area (Å²) in [6.45, 7) is 7.68. The Morgan fingerprint density at radius 2 is 1.59 bits per heavy atom. The molecule has 1 saturated heterocycles. The van der Waals surface area contributed by atoms with Gasteiger partial charge >= 0.3 is 11.9 Å². The van der Waals surface area contributed by atoms with Crippen molar-refractivity contribution in [1.29, 1.82) is 0 Å². The van der Waals surface area contributed by atoms with Crippen LogP contribution >= 0.6 is 0 Å². The molecule has 0 spiro atoms. The Hall–Kier alpha value is -3.59. The Morgan fingerprint density at radius 1 is 1.00 bits per heavy atom. The van der Waals surface area contributed by atoms with Crippen molar-refractivity contribution >= 4 is 17.8 Å². The third-order valence-electron chi connectivity index (χ3n) is 5.46. The number of aryl methyl sites for hydroxylation is 1. The minimum atomic E-state index is -1.82. The van der Waals surface area contributed by atoms with E-state index in [0.717, 1.165) is 43.6 Å². The molecule has 2 aromatic carbocycles. The fourth-order valence-corrected chi connectivity index (χ4v) is 3.58. The van der Waals surface area contributed by atoms with Gasteiger partial charge < -0.3 is 25.4 Å². The number of likely N-dealkylation sites (tertiary alicyclic amines) is 1. The number of nitrogens with zero attached hydrogens (tertiary/aromatic N) is 1. The molecule has 1 aliphatic heterocycles. The summed E-state index contributed by atoms with van der Waals surface area (Å²) in [6, 6.07) is 13.8. The lowest BCUT2D eigenvalue weighted by molar-refractivity contribution is -0.159. The molecule has 9 heteroatoms. The third-order valence-corrected chi connectivity index (χ3v) is 5.46. The van der Waals surface area contributed by atoms with Gasteiger partial charge in [0.15, 0.2) is 11.5 Å². The highest BCUT2D eigenvalue weighted by Gasteiger charge is 2.25. The van der Waals surface area contributed by atoms with E-state index in [-0.39, 0.29) is 17.6 Å². The molecule has 0 atom stereocenters. The summed E-state index contributed by atoms with van der Waals surface area (Å²) < 4.78 is 5.46. The number of aliphatic carboxylic acids is 2. The lowest BCUT2D eigenvalue weighted by Gasteiger charge is -2.31. The summed E-state index contributed by atoms with van der Waals surface area (Å²) in [6.07, 6.45) is 1.74. The van der Waals surface area contributed by atoms with Crippen molar-refractivity contribution in [2.45, 2.75) is 39.8 Å². The van der Waals surface area contributed by atoms with Crippen LogP contribution in [-0.2, 0) is 27.5 Å². The van der Waals surface area contributed by atoms with E-state index < -0.39 is 11.9 Å². The number of phenolic OH excluding ortho intramolecular Hbond substituents is 1. The van der Waals surface area contributed by atoms with E-state index in [1.54, 1.807) is 6.07 Å². The van der Waals surface area contributed by atoms with Crippen molar-refractivity contribution in [3.05, 3.63) is 59.2 Å². The smallest absolute Gasteiger partial charge is 0.414 e. The van der Waals surface area contributed by atoms with Crippen LogP contribution in [0.5, 0.6) is 11.5 Å². The molecule has 1 heterocycles. The average molecular weight is 473 g/mol. The molecule has 1 fully saturated rings. The van der Waals surface area contributed by atoms with E-state index in [1.807, 2.05) is 19.1 Å². The maximum absolute atomic E-state index is 12.5. The van der Waals surface area contributed by atoms with Crippen LogP contribution in [0.2, 0.25) is 0 Å². The number of carbonyl (C=O) groups is 3. The number of benzene rings is 2. The number of amides is 1. The molecule has 2 aromatic rings. The van der Waals surface area contributed by atoms with Crippen molar-refractivity contribution in [3.63, 3.8) is 0 Å². The van der Waals surface area contributed by atoms with Crippen molar-refractivity contribution in [3.8, 4) is 11.5 Å². The number of nitrogens with one attached hydrogen (secondary N) is 1. The minimum absolute atomic E-state index is 0.0838. The van der Waals surface area contributed by atoms with Gasteiger partial charge in [0.05, 0.1) is 6.61 Å². The topological polar surface area (TPSA) is 136 Å². The van der Waals surface area contributed by atoms with Crippen LogP contribution in [-0.4, -0.2) is 57.8 Å². The van der Waals surface area contributed by atoms with E-state index in [1.165, 1.54) is 5.56 Å². The van der Waals surface area contributed by atoms with Crippen molar-refractivity contribution in [1.82, 2.24) is 10.2 Å². The van der Waals surface area contributed by atoms with Crippen LogP contribution in [0, 0.1) is 12.8 Å². The molecule has 0 aliphatic carbocycles. The molecule has 34 heavy (non-hydrogen) atoms. The number of phenols is 1. The first-order valence-electron chi connectivity index (χ1n) is 11.2. The maximum Gasteiger partial charge on any atom is 0.414 e. The first-order valence-corrected chi connectivity index (χ1v) is 11.2. The van der Waals surface area contributed by atoms with Crippen LogP contribution in [0.15, 0.2) is 42.5 Å². The van der Waals surface area contributed by atoms with Gasteiger partial charge in [-0.15, -0.1) is 0 Å². The van der Waals surface area contributed by atoms with E-state index in [2.05, 4.69) is 41.4 Å². The summed E-state index contributed by atoms with van der Waals surface area (Å²) in [5.41, 5.74) is 3.47. The monoisotopic (exact) mass is 472 g/mol. The zero-order chi connectivity index (χ0) is 25.1. The Balaban J connectivity index is 0.000000604. The average Bonchev–Trinajstić information content (AvgIpc) is 2.81. The van der Waals surface area contributed by atoms with Crippen molar-refractivity contribution in [2.75, 3.05) is 19.7 Å². The predicted octanol–water partition coefficient (Wildman–Crippen LogP) is 2.78. The highest BCUT2D eigenvalue weighted by atomic mass is 16.5. The number of ether oxygens (including phenoxy) is 1. The second-order valence-electron chi connectivity index (χ2n) is 8.10. The van der Waals surface area contributed by atoms with Crippen LogP contribution in [0.1, 0.15) is 36.5 Å². The SMILES string of the molecule is CCOc1cc(CN2CCC(C(=O)NCc3ccc(C)cc3)CC2)ccc1O.O=C(O)C(=O)O. The number of carboxylic acids is 2. The predicted molar refractivity (Wildman–Crippen MR) is 126 cm³/mol. The largest absolute Gasteiger partial charge is 0.504 e. The van der Waals surface area contributed by atoms with Gasteiger partial charge in [-0.25, -0.2) is 9.59 Å². The van der Waals surface area contributed by atoms with E-state index >= 15 is 0 Å². The zero-order valence-electron chi connectivity index (χ0n) is 19.5. The van der Waals surface area contributed by atoms with Crippen LogP contribution in [0.25, 0.3) is 0 Å². The summed E-state index contributed by atoms with van der Waals surface area (Å²) in [7, 11) is 0. The van der Waals surface area contributed by atoms with Crippen LogP contribution in [0.4, 0.5) is 0 Å². The molecular formula is C25H32N2O7. The number of carboxylic acid groups (broad SMARTS) is 2. The van der Waals surface area contributed by atoms with Gasteiger partial charge in [-0.2, -0.15) is 0 Å². The van der Waals surface area contributed by atoms with Gasteiger partial charge in [0, 0.05) is 19.0 Å². The number of piperidine rings is 1. The second-order valence-corrected chi connectivity index (χ2v) is 8.10. The first kappa shape index (κ1) is 26.7. The summed E-state index contributed by atoms with van der Waals surface area (Å²) in [5, 5.41) is 27.7. The second kappa shape index (κ2) is 13.2. The normalized spacial score (nSPS) is 13.9. The molecule has 1 aliphatic rings. The molecule has 9 nitrogen and oxygen atoms in total. The minimum Gasteiger partial charge on any atom is -0.504 e. The third kappa shape index (κ3) is 8.74. The molecule has 0 unspecified atom stereocenters. The van der Waals surface area contributed by atoms with Crippen molar-refractivity contribution in [2.24, 2.45) is 5.92 Å². The van der Waals surface area contributed by atoms with Gasteiger partial charge in [-0.1, -0.05) is 35.9 Å².